The molecule has 0 bridgehead atoms. The summed E-state index contributed by atoms with van der Waals surface area (Å²) in [6.45, 7) is 3.44. The fourth-order valence-corrected chi connectivity index (χ4v) is 4.54. The van der Waals surface area contributed by atoms with Crippen molar-refractivity contribution in [1.82, 2.24) is 8.61 Å². The Morgan fingerprint density at radius 3 is 2.16 bits per heavy atom. The van der Waals surface area contributed by atoms with E-state index in [1.54, 1.807) is 13.8 Å². The van der Waals surface area contributed by atoms with Crippen LogP contribution in [0.4, 0.5) is 10.1 Å². The van der Waals surface area contributed by atoms with Gasteiger partial charge >= 0.3 is 0 Å². The van der Waals surface area contributed by atoms with Crippen LogP contribution in [0.25, 0.3) is 0 Å². The van der Waals surface area contributed by atoms with Crippen molar-refractivity contribution in [1.29, 1.82) is 0 Å². The number of sulfonamides is 2. The quantitative estimate of drug-likeness (QED) is 0.551. The summed E-state index contributed by atoms with van der Waals surface area (Å²) >= 11 is 0. The number of nitrogens with one attached hydrogen (secondary N) is 1. The van der Waals surface area contributed by atoms with E-state index >= 15 is 0 Å². The molecule has 0 aliphatic heterocycles. The van der Waals surface area contributed by atoms with E-state index in [1.165, 1.54) is 53.8 Å². The molecule has 0 aromatic heterocycles. The van der Waals surface area contributed by atoms with Gasteiger partial charge in [-0.1, -0.05) is 13.8 Å². The van der Waals surface area contributed by atoms with Crippen LogP contribution in [0.3, 0.4) is 0 Å². The Hall–Kier alpha value is -2.54. The van der Waals surface area contributed by atoms with Gasteiger partial charge in [-0.15, -0.1) is 0 Å². The lowest BCUT2D eigenvalue weighted by atomic mass is 10.2. The number of ether oxygens (including phenoxy) is 1. The minimum atomic E-state index is -3.83. The molecule has 2 aromatic carbocycles. The molecule has 9 nitrogen and oxygen atoms in total. The number of amides is 1. The molecule has 2 aromatic rings. The summed E-state index contributed by atoms with van der Waals surface area (Å²) < 4.78 is 69.9. The van der Waals surface area contributed by atoms with E-state index in [1.807, 2.05) is 0 Å². The standard InChI is InChI=1S/C20H26FN3O6S2/c1-5-24(6-2)32(28,29)17-11-12-19(30-16-9-7-15(21)8-10-16)18(13-17)22-20(25)14-23(3)31(4,26)27/h7-13H,5-6,14H2,1-4H3,(H,22,25). The zero-order valence-electron chi connectivity index (χ0n) is 18.2. The smallest absolute Gasteiger partial charge is 0.243 e. The van der Waals surface area contributed by atoms with Crippen molar-refractivity contribution in [2.24, 2.45) is 0 Å². The van der Waals surface area contributed by atoms with Crippen molar-refractivity contribution in [3.8, 4) is 11.5 Å². The molecule has 32 heavy (non-hydrogen) atoms. The third-order valence-corrected chi connectivity index (χ3v) is 7.85. The second kappa shape index (κ2) is 10.4. The molecule has 0 saturated heterocycles. The molecule has 176 valence electrons. The van der Waals surface area contributed by atoms with Crippen molar-refractivity contribution in [2.45, 2.75) is 18.7 Å². The number of likely N-dealkylation sites (N-methyl/N-ethyl adjacent to an activating group) is 1. The maximum atomic E-state index is 13.2. The van der Waals surface area contributed by atoms with Gasteiger partial charge in [-0.2, -0.15) is 8.61 Å². The van der Waals surface area contributed by atoms with Crippen LogP contribution >= 0.6 is 0 Å². The Morgan fingerprint density at radius 2 is 1.62 bits per heavy atom. The number of hydrogen-bond donors (Lipinski definition) is 1. The molecule has 1 N–H and O–H groups in total. The monoisotopic (exact) mass is 487 g/mol. The summed E-state index contributed by atoms with van der Waals surface area (Å²) in [5.74, 6) is -0.797. The minimum absolute atomic E-state index is 0.0226. The number of benzene rings is 2. The van der Waals surface area contributed by atoms with Gasteiger partial charge in [-0.05, 0) is 42.5 Å². The predicted octanol–water partition coefficient (Wildman–Crippen LogP) is 2.48. The van der Waals surface area contributed by atoms with Crippen molar-refractivity contribution in [3.05, 3.63) is 48.3 Å². The number of carbonyl (C=O) groups is 1. The van der Waals surface area contributed by atoms with E-state index in [9.17, 15) is 26.0 Å². The van der Waals surface area contributed by atoms with Crippen molar-refractivity contribution in [2.75, 3.05) is 38.3 Å². The highest BCUT2D eigenvalue weighted by Gasteiger charge is 2.24. The maximum absolute atomic E-state index is 13.2. The molecule has 12 heteroatoms. The summed E-state index contributed by atoms with van der Waals surface area (Å²) in [5.41, 5.74) is 0.0226. The molecule has 0 aliphatic rings. The Morgan fingerprint density at radius 1 is 1.03 bits per heavy atom. The molecular weight excluding hydrogens is 461 g/mol. The first-order valence-electron chi connectivity index (χ1n) is 9.67. The molecular formula is C20H26FN3O6S2. The zero-order chi connectivity index (χ0) is 24.1. The highest BCUT2D eigenvalue weighted by molar-refractivity contribution is 7.89. The number of anilines is 1. The number of carbonyl (C=O) groups excluding carboxylic acids is 1. The SMILES string of the molecule is CCN(CC)S(=O)(=O)c1ccc(Oc2ccc(F)cc2)c(NC(=O)CN(C)S(C)(=O)=O)c1. The van der Waals surface area contributed by atoms with E-state index in [-0.39, 0.29) is 35.2 Å². The third kappa shape index (κ3) is 6.48. The first kappa shape index (κ1) is 25.7. The summed E-state index contributed by atoms with van der Waals surface area (Å²) in [7, 11) is -6.19. The molecule has 0 saturated carbocycles. The van der Waals surface area contributed by atoms with Gasteiger partial charge in [0.15, 0.2) is 5.75 Å². The fraction of sp³-hybridized carbons (Fsp3) is 0.350. The van der Waals surface area contributed by atoms with Gasteiger partial charge in [0, 0.05) is 20.1 Å². The van der Waals surface area contributed by atoms with Gasteiger partial charge < -0.3 is 10.1 Å². The maximum Gasteiger partial charge on any atom is 0.243 e. The second-order valence-corrected chi connectivity index (χ2v) is 10.9. The summed E-state index contributed by atoms with van der Waals surface area (Å²) in [5, 5.41) is 2.51. The van der Waals surface area contributed by atoms with E-state index in [2.05, 4.69) is 5.32 Å². The first-order valence-corrected chi connectivity index (χ1v) is 13.0. The highest BCUT2D eigenvalue weighted by atomic mass is 32.2. The number of rotatable bonds is 10. The van der Waals surface area contributed by atoms with E-state index in [4.69, 9.17) is 4.74 Å². The Labute approximate surface area is 187 Å². The van der Waals surface area contributed by atoms with Crippen LogP contribution in [0.5, 0.6) is 11.5 Å². The zero-order valence-corrected chi connectivity index (χ0v) is 19.8. The van der Waals surface area contributed by atoms with Crippen LogP contribution in [0.15, 0.2) is 47.4 Å². The van der Waals surface area contributed by atoms with Crippen LogP contribution < -0.4 is 10.1 Å². The number of hydrogen-bond acceptors (Lipinski definition) is 6. The topological polar surface area (TPSA) is 113 Å². The Bertz CT molecular complexity index is 1160. The molecule has 0 unspecified atom stereocenters. The van der Waals surface area contributed by atoms with Gasteiger partial charge in [0.1, 0.15) is 11.6 Å². The van der Waals surface area contributed by atoms with Crippen LogP contribution in [0.1, 0.15) is 13.8 Å². The van der Waals surface area contributed by atoms with E-state index in [0.29, 0.717) is 0 Å². The van der Waals surface area contributed by atoms with Gasteiger partial charge in [-0.3, -0.25) is 4.79 Å². The van der Waals surface area contributed by atoms with E-state index in [0.717, 1.165) is 10.6 Å². The molecule has 0 aliphatic carbocycles. The number of halogens is 1. The summed E-state index contributed by atoms with van der Waals surface area (Å²) in [6, 6.07) is 9.07. The summed E-state index contributed by atoms with van der Waals surface area (Å²) in [4.78, 5) is 12.4. The second-order valence-electron chi connectivity index (χ2n) is 6.87. The van der Waals surface area contributed by atoms with Crippen LogP contribution in [0.2, 0.25) is 0 Å². The molecule has 2 rings (SSSR count). The molecule has 0 atom stereocenters. The molecule has 1 amide bonds. The van der Waals surface area contributed by atoms with Gasteiger partial charge in [0.25, 0.3) is 0 Å². The van der Waals surface area contributed by atoms with Gasteiger partial charge in [0.05, 0.1) is 23.4 Å². The average Bonchev–Trinajstić information content (AvgIpc) is 2.70. The minimum Gasteiger partial charge on any atom is -0.455 e. The van der Waals surface area contributed by atoms with E-state index < -0.39 is 38.3 Å². The highest BCUT2D eigenvalue weighted by Crippen LogP contribution is 2.33. The predicted molar refractivity (Wildman–Crippen MR) is 119 cm³/mol. The molecule has 0 fully saturated rings. The third-order valence-electron chi connectivity index (χ3n) is 4.54. The molecule has 0 radical (unpaired) electrons. The average molecular weight is 488 g/mol. The van der Waals surface area contributed by atoms with Gasteiger partial charge in [-0.25, -0.2) is 21.2 Å². The van der Waals surface area contributed by atoms with Crippen molar-refractivity contribution in [3.63, 3.8) is 0 Å². The molecule has 0 heterocycles. The van der Waals surface area contributed by atoms with Crippen LogP contribution in [-0.2, 0) is 24.8 Å². The fourth-order valence-electron chi connectivity index (χ4n) is 2.71. The lowest BCUT2D eigenvalue weighted by Crippen LogP contribution is -2.34. The Kier molecular flexibility index (Phi) is 8.35. The summed E-state index contributed by atoms with van der Waals surface area (Å²) in [6.07, 6.45) is 0.959. The Balaban J connectivity index is 2.44. The molecule has 0 spiro atoms. The van der Waals surface area contributed by atoms with Gasteiger partial charge in [0.2, 0.25) is 26.0 Å². The van der Waals surface area contributed by atoms with Crippen LogP contribution in [-0.4, -0.2) is 64.3 Å². The van der Waals surface area contributed by atoms with Crippen molar-refractivity contribution >= 4 is 31.6 Å². The normalized spacial score (nSPS) is 12.2. The lowest BCUT2D eigenvalue weighted by molar-refractivity contribution is -0.116. The number of nitrogens with zero attached hydrogens (tertiary/aromatic N) is 2. The largest absolute Gasteiger partial charge is 0.455 e. The van der Waals surface area contributed by atoms with Crippen molar-refractivity contribution < 1.29 is 30.8 Å². The first-order chi connectivity index (χ1) is 14.9. The lowest BCUT2D eigenvalue weighted by Gasteiger charge is -2.20. The van der Waals surface area contributed by atoms with Crippen LogP contribution in [0, 0.1) is 5.82 Å².